The molecule has 0 aromatic carbocycles. The molecule has 31 heavy (non-hydrogen) atoms. The predicted octanol–water partition coefficient (Wildman–Crippen LogP) is 2.72. The number of hydrogen-bond acceptors (Lipinski definition) is 4. The molecule has 0 aromatic heterocycles. The zero-order valence-corrected chi connectivity index (χ0v) is 18.7. The maximum Gasteiger partial charge on any atom is 0.254 e. The fraction of sp³-hybridized carbons (Fsp3) is 0.875. The van der Waals surface area contributed by atoms with Gasteiger partial charge in [0.25, 0.3) is 5.91 Å². The molecule has 0 bridgehead atoms. The van der Waals surface area contributed by atoms with Gasteiger partial charge >= 0.3 is 0 Å². The van der Waals surface area contributed by atoms with E-state index in [4.69, 9.17) is 0 Å². The number of carbonyl (C=O) groups excluding carboxylic acids is 3. The largest absolute Gasteiger partial charge is 0.380 e. The zero-order valence-electron chi connectivity index (χ0n) is 18.7. The maximum atomic E-state index is 14.7. The Morgan fingerprint density at radius 3 is 2.06 bits per heavy atom. The summed E-state index contributed by atoms with van der Waals surface area (Å²) in [6, 6.07) is 0. The third kappa shape index (κ3) is 4.81. The van der Waals surface area contributed by atoms with Gasteiger partial charge in [-0.3, -0.25) is 14.4 Å². The van der Waals surface area contributed by atoms with Gasteiger partial charge in [-0.05, 0) is 69.6 Å². The summed E-state index contributed by atoms with van der Waals surface area (Å²) in [5.74, 6) is 0.499. The lowest BCUT2D eigenvalue weighted by Crippen LogP contribution is -2.54. The van der Waals surface area contributed by atoms with Crippen molar-refractivity contribution >= 4 is 17.6 Å². The average molecular weight is 437 g/mol. The van der Waals surface area contributed by atoms with Crippen LogP contribution in [0.15, 0.2) is 0 Å². The average Bonchev–Trinajstić information content (AvgIpc) is 3.56. The van der Waals surface area contributed by atoms with E-state index in [0.717, 1.165) is 25.7 Å². The van der Waals surface area contributed by atoms with Crippen molar-refractivity contribution in [2.45, 2.75) is 82.9 Å². The van der Waals surface area contributed by atoms with Crippen LogP contribution in [0, 0.1) is 23.7 Å². The molecule has 2 amide bonds. The van der Waals surface area contributed by atoms with Crippen molar-refractivity contribution in [2.75, 3.05) is 26.2 Å². The highest BCUT2D eigenvalue weighted by Crippen LogP contribution is 2.44. The topological polar surface area (TPSA) is 77.9 Å². The molecule has 7 heteroatoms. The van der Waals surface area contributed by atoms with E-state index in [1.165, 1.54) is 0 Å². The van der Waals surface area contributed by atoms with Crippen LogP contribution in [0.3, 0.4) is 0 Å². The molecule has 0 spiro atoms. The van der Waals surface area contributed by atoms with Crippen LogP contribution < -0.4 is 0 Å². The van der Waals surface area contributed by atoms with E-state index >= 15 is 0 Å². The first-order chi connectivity index (χ1) is 14.8. The van der Waals surface area contributed by atoms with E-state index < -0.39 is 11.8 Å². The molecular weight excluding hydrogens is 399 g/mol. The van der Waals surface area contributed by atoms with Crippen LogP contribution in [-0.2, 0) is 14.4 Å². The van der Waals surface area contributed by atoms with Crippen LogP contribution in [0.1, 0.15) is 71.1 Å². The highest BCUT2D eigenvalue weighted by Gasteiger charge is 2.50. The molecule has 4 rings (SSSR count). The molecule has 0 radical (unpaired) electrons. The van der Waals surface area contributed by atoms with Crippen molar-refractivity contribution in [1.29, 1.82) is 0 Å². The van der Waals surface area contributed by atoms with Crippen molar-refractivity contribution in [1.82, 2.24) is 9.80 Å². The third-order valence-corrected chi connectivity index (χ3v) is 8.34. The molecule has 3 aliphatic carbocycles. The Morgan fingerprint density at radius 1 is 0.903 bits per heavy atom. The molecule has 6 nitrogen and oxygen atoms in total. The fourth-order valence-corrected chi connectivity index (χ4v) is 6.05. The second-order valence-corrected chi connectivity index (χ2v) is 10.3. The van der Waals surface area contributed by atoms with Gasteiger partial charge in [0, 0.05) is 44.4 Å². The quantitative estimate of drug-likeness (QED) is 0.719. The number of nitrogens with zero attached hydrogens (tertiary/aromatic N) is 2. The molecule has 1 saturated heterocycles. The van der Waals surface area contributed by atoms with E-state index in [-0.39, 0.29) is 41.3 Å². The van der Waals surface area contributed by atoms with Gasteiger partial charge in [-0.25, -0.2) is 4.39 Å². The van der Waals surface area contributed by atoms with Crippen molar-refractivity contribution in [3.63, 3.8) is 0 Å². The Labute approximate surface area is 184 Å². The molecule has 1 heterocycles. The van der Waals surface area contributed by atoms with Crippen molar-refractivity contribution in [2.24, 2.45) is 23.7 Å². The number of rotatable bonds is 5. The summed E-state index contributed by atoms with van der Waals surface area (Å²) in [4.78, 5) is 41.0. The number of alkyl halides is 1. The maximum absolute atomic E-state index is 14.7. The standard InChI is InChI=1S/C24H37FN2O4/c1-2-21(28)18-7-8-20(25)19(15-18)16-3-5-17(6-4-16)22(29)26-11-13-27(14-12-26)23(30)24(31)9-10-24/h16-20,31H,2-15H2,1H3. The van der Waals surface area contributed by atoms with Crippen LogP contribution in [0.4, 0.5) is 4.39 Å². The summed E-state index contributed by atoms with van der Waals surface area (Å²) >= 11 is 0. The van der Waals surface area contributed by atoms with Crippen LogP contribution in [0.5, 0.6) is 0 Å². The summed E-state index contributed by atoms with van der Waals surface area (Å²) < 4.78 is 14.7. The number of Topliss-reactive ketones (excluding diaryl/α,β-unsaturated/α-hetero) is 1. The Kier molecular flexibility index (Phi) is 6.71. The number of piperazine rings is 1. The van der Waals surface area contributed by atoms with Crippen molar-refractivity contribution in [3.05, 3.63) is 0 Å². The number of amides is 2. The molecule has 0 aromatic rings. The van der Waals surface area contributed by atoms with Crippen LogP contribution in [0.2, 0.25) is 0 Å². The van der Waals surface area contributed by atoms with Gasteiger partial charge in [-0.15, -0.1) is 0 Å². The van der Waals surface area contributed by atoms with Gasteiger partial charge in [-0.2, -0.15) is 0 Å². The third-order valence-electron chi connectivity index (χ3n) is 8.34. The number of halogens is 1. The van der Waals surface area contributed by atoms with Gasteiger partial charge in [0.2, 0.25) is 5.91 Å². The minimum Gasteiger partial charge on any atom is -0.380 e. The van der Waals surface area contributed by atoms with Gasteiger partial charge in [-0.1, -0.05) is 6.92 Å². The normalized spacial score (nSPS) is 35.5. The molecule has 3 saturated carbocycles. The first-order valence-corrected chi connectivity index (χ1v) is 12.3. The summed E-state index contributed by atoms with van der Waals surface area (Å²) in [6.07, 6.45) is 5.97. The Hall–Kier alpha value is -1.50. The molecule has 1 N–H and O–H groups in total. The van der Waals surface area contributed by atoms with Gasteiger partial charge < -0.3 is 14.9 Å². The first kappa shape index (κ1) is 22.7. The Morgan fingerprint density at radius 2 is 1.48 bits per heavy atom. The van der Waals surface area contributed by atoms with Gasteiger partial charge in [0.15, 0.2) is 0 Å². The van der Waals surface area contributed by atoms with Crippen molar-refractivity contribution < 1.29 is 23.9 Å². The SMILES string of the molecule is CCC(=O)C1CCC(F)C(C2CCC(C(=O)N3CCN(C(=O)C4(O)CC4)CC3)CC2)C1. The summed E-state index contributed by atoms with van der Waals surface area (Å²) in [5, 5.41) is 10.0. The lowest BCUT2D eigenvalue weighted by molar-refractivity contribution is -0.148. The lowest BCUT2D eigenvalue weighted by Gasteiger charge is -2.41. The van der Waals surface area contributed by atoms with Crippen LogP contribution in [-0.4, -0.2) is 70.5 Å². The van der Waals surface area contributed by atoms with E-state index in [2.05, 4.69) is 0 Å². The molecule has 3 atom stereocenters. The smallest absolute Gasteiger partial charge is 0.254 e. The fourth-order valence-electron chi connectivity index (χ4n) is 6.05. The molecular formula is C24H37FN2O4. The zero-order chi connectivity index (χ0) is 22.2. The van der Waals surface area contributed by atoms with E-state index in [0.29, 0.717) is 64.7 Å². The summed E-state index contributed by atoms with van der Waals surface area (Å²) in [6.45, 7) is 3.91. The Bertz CT molecular complexity index is 694. The Balaban J connectivity index is 1.24. The van der Waals surface area contributed by atoms with E-state index in [9.17, 15) is 23.9 Å². The monoisotopic (exact) mass is 436 g/mol. The summed E-state index contributed by atoms with van der Waals surface area (Å²) in [5.41, 5.74) is -1.14. The van der Waals surface area contributed by atoms with Crippen molar-refractivity contribution in [3.8, 4) is 0 Å². The number of aliphatic hydroxyl groups is 1. The number of hydrogen-bond donors (Lipinski definition) is 1. The molecule has 3 unspecified atom stereocenters. The highest BCUT2D eigenvalue weighted by atomic mass is 19.1. The van der Waals surface area contributed by atoms with Gasteiger partial charge in [0.05, 0.1) is 0 Å². The summed E-state index contributed by atoms with van der Waals surface area (Å²) in [7, 11) is 0. The predicted molar refractivity (Wildman–Crippen MR) is 114 cm³/mol. The molecule has 1 aliphatic heterocycles. The van der Waals surface area contributed by atoms with Crippen LogP contribution in [0.25, 0.3) is 0 Å². The molecule has 174 valence electrons. The van der Waals surface area contributed by atoms with Gasteiger partial charge in [0.1, 0.15) is 17.6 Å². The number of carbonyl (C=O) groups is 3. The van der Waals surface area contributed by atoms with E-state index in [1.807, 2.05) is 11.8 Å². The second kappa shape index (κ2) is 9.16. The highest BCUT2D eigenvalue weighted by molar-refractivity contribution is 5.88. The van der Waals surface area contributed by atoms with E-state index in [1.54, 1.807) is 4.90 Å². The minimum atomic E-state index is -1.14. The lowest BCUT2D eigenvalue weighted by atomic mass is 9.67. The second-order valence-electron chi connectivity index (χ2n) is 10.3. The molecule has 4 aliphatic rings. The number of ketones is 1. The molecule has 4 fully saturated rings. The first-order valence-electron chi connectivity index (χ1n) is 12.3. The van der Waals surface area contributed by atoms with Crippen LogP contribution >= 0.6 is 0 Å². The minimum absolute atomic E-state index is 0.0131.